The summed E-state index contributed by atoms with van der Waals surface area (Å²) in [7, 11) is 0. The van der Waals surface area contributed by atoms with E-state index in [1.165, 1.54) is 5.57 Å². The van der Waals surface area contributed by atoms with E-state index in [1.54, 1.807) is 32.3 Å². The first-order valence-electron chi connectivity index (χ1n) is 19.6. The molecule has 0 saturated heterocycles. The van der Waals surface area contributed by atoms with Crippen LogP contribution in [0.4, 0.5) is 0 Å². The number of fused-ring (bicyclic) bond motifs is 7. The first-order chi connectivity index (χ1) is 23.7. The predicted octanol–water partition coefficient (Wildman–Crippen LogP) is 7.32. The lowest BCUT2D eigenvalue weighted by Crippen LogP contribution is -2.66. The fourth-order valence-corrected chi connectivity index (χ4v) is 12.8. The fraction of sp³-hybridized carbons (Fsp3) is 0.786. The molecule has 6 rings (SSSR count). The molecule has 0 amide bonds. The Morgan fingerprint density at radius 2 is 1.65 bits per heavy atom. The Hall–Kier alpha value is -2.65. The van der Waals surface area contributed by atoms with Gasteiger partial charge >= 0.3 is 11.9 Å². The van der Waals surface area contributed by atoms with Crippen LogP contribution in [0.1, 0.15) is 132 Å². The molecule has 5 aliphatic rings. The minimum Gasteiger partial charge on any atom is -0.481 e. The number of ketones is 1. The standard InChI is InChI=1S/C42H63N3O6/c1-25(2)34-27(46)21-42(30(47)23-43-24-32-44-19-10-20-45-32)18-17-40(8)26(35(34)42)11-12-29-39(7)15-14-31(51-33(48)22-37(3,4)36(49)50)38(5,6)28(39)13-16-41(29,40)9/h10,19-20,25-26,28-31,43,47H,11-18,21-24H2,1-9H3,(H,49,50)/t26-,28+,29-,30+,31+,39+,40-,41-,42+/m1/s1. The first-order valence-corrected chi connectivity index (χ1v) is 19.6. The number of carbonyl (C=O) groups excluding carboxylic acids is 2. The Kier molecular flexibility index (Phi) is 9.73. The molecule has 0 aromatic carbocycles. The van der Waals surface area contributed by atoms with Crippen LogP contribution >= 0.6 is 0 Å². The minimum absolute atomic E-state index is 0.0195. The molecule has 4 saturated carbocycles. The largest absolute Gasteiger partial charge is 0.481 e. The number of aliphatic hydroxyl groups is 1. The van der Waals surface area contributed by atoms with Crippen LogP contribution in [-0.2, 0) is 25.7 Å². The maximum atomic E-state index is 14.0. The highest BCUT2D eigenvalue weighted by atomic mass is 16.5. The molecule has 4 fully saturated rings. The number of nitrogens with zero attached hydrogens (tertiary/aromatic N) is 2. The van der Waals surface area contributed by atoms with E-state index in [0.717, 1.165) is 56.9 Å². The van der Waals surface area contributed by atoms with Crippen molar-refractivity contribution in [2.45, 2.75) is 145 Å². The van der Waals surface area contributed by atoms with Gasteiger partial charge in [-0.25, -0.2) is 9.97 Å². The van der Waals surface area contributed by atoms with Gasteiger partial charge in [-0.05, 0) is 117 Å². The second kappa shape index (κ2) is 13.0. The maximum Gasteiger partial charge on any atom is 0.309 e. The number of aromatic nitrogens is 2. The molecule has 9 nitrogen and oxygen atoms in total. The molecule has 0 aliphatic heterocycles. The second-order valence-corrected chi connectivity index (χ2v) is 19.4. The van der Waals surface area contributed by atoms with Gasteiger partial charge < -0.3 is 20.3 Å². The van der Waals surface area contributed by atoms with E-state index >= 15 is 0 Å². The molecule has 51 heavy (non-hydrogen) atoms. The molecule has 5 aliphatic carbocycles. The third-order valence-electron chi connectivity index (χ3n) is 15.7. The zero-order valence-corrected chi connectivity index (χ0v) is 32.6. The van der Waals surface area contributed by atoms with Crippen molar-refractivity contribution in [1.82, 2.24) is 15.3 Å². The molecule has 0 bridgehead atoms. The maximum absolute atomic E-state index is 14.0. The van der Waals surface area contributed by atoms with E-state index in [9.17, 15) is 24.6 Å². The number of esters is 1. The molecule has 9 atom stereocenters. The zero-order chi connectivity index (χ0) is 37.4. The van der Waals surface area contributed by atoms with E-state index in [2.05, 4.69) is 63.8 Å². The van der Waals surface area contributed by atoms with Gasteiger partial charge in [0.25, 0.3) is 0 Å². The lowest BCUT2D eigenvalue weighted by atomic mass is 9.33. The summed E-state index contributed by atoms with van der Waals surface area (Å²) in [6, 6.07) is 1.80. The summed E-state index contributed by atoms with van der Waals surface area (Å²) in [4.78, 5) is 47.4. The summed E-state index contributed by atoms with van der Waals surface area (Å²) in [5, 5.41) is 25.1. The molecule has 3 N–H and O–H groups in total. The molecule has 1 heterocycles. The number of rotatable bonds is 10. The number of aliphatic hydroxyl groups excluding tert-OH is 1. The average Bonchev–Trinajstić information content (AvgIpc) is 3.36. The Morgan fingerprint density at radius 1 is 0.961 bits per heavy atom. The Bertz CT molecular complexity index is 1570. The quantitative estimate of drug-likeness (QED) is 0.214. The molecule has 1 aromatic rings. The van der Waals surface area contributed by atoms with Gasteiger partial charge in [0.2, 0.25) is 0 Å². The van der Waals surface area contributed by atoms with E-state index in [4.69, 9.17) is 4.74 Å². The lowest BCUT2D eigenvalue weighted by molar-refractivity contribution is -0.235. The van der Waals surface area contributed by atoms with Crippen LogP contribution in [0.25, 0.3) is 0 Å². The Labute approximate surface area is 305 Å². The van der Waals surface area contributed by atoms with Crippen LogP contribution in [0.3, 0.4) is 0 Å². The molecule has 0 unspecified atom stereocenters. The van der Waals surface area contributed by atoms with Crippen LogP contribution in [0, 0.1) is 56.2 Å². The molecule has 9 heteroatoms. The van der Waals surface area contributed by atoms with Crippen molar-refractivity contribution in [2.24, 2.45) is 56.2 Å². The topological polar surface area (TPSA) is 139 Å². The van der Waals surface area contributed by atoms with Crippen molar-refractivity contribution < 1.29 is 29.3 Å². The molecule has 0 spiro atoms. The lowest BCUT2D eigenvalue weighted by Gasteiger charge is -2.72. The van der Waals surface area contributed by atoms with Crippen molar-refractivity contribution in [3.05, 3.63) is 35.4 Å². The van der Waals surface area contributed by atoms with Crippen LogP contribution in [0.5, 0.6) is 0 Å². The number of hydrogen-bond acceptors (Lipinski definition) is 8. The van der Waals surface area contributed by atoms with E-state index in [-0.39, 0.29) is 51.8 Å². The number of carboxylic acid groups (broad SMARTS) is 1. The number of carbonyl (C=O) groups is 3. The van der Waals surface area contributed by atoms with Crippen molar-refractivity contribution >= 4 is 17.7 Å². The second-order valence-electron chi connectivity index (χ2n) is 19.4. The molecule has 282 valence electrons. The molecular weight excluding hydrogens is 642 g/mol. The predicted molar refractivity (Wildman–Crippen MR) is 195 cm³/mol. The van der Waals surface area contributed by atoms with Crippen molar-refractivity contribution in [2.75, 3.05) is 6.54 Å². The number of hydrogen-bond donors (Lipinski definition) is 3. The average molecular weight is 706 g/mol. The van der Waals surface area contributed by atoms with Gasteiger partial charge in [0.05, 0.1) is 24.5 Å². The van der Waals surface area contributed by atoms with Gasteiger partial charge in [-0.15, -0.1) is 0 Å². The van der Waals surface area contributed by atoms with Gasteiger partial charge in [0.1, 0.15) is 11.9 Å². The monoisotopic (exact) mass is 705 g/mol. The van der Waals surface area contributed by atoms with Gasteiger partial charge in [-0.2, -0.15) is 0 Å². The highest BCUT2D eigenvalue weighted by Crippen LogP contribution is 2.77. The van der Waals surface area contributed by atoms with Gasteiger partial charge in [-0.3, -0.25) is 14.4 Å². The number of nitrogens with one attached hydrogen (secondary N) is 1. The summed E-state index contributed by atoms with van der Waals surface area (Å²) in [5.74, 6) is 0.691. The molecule has 0 radical (unpaired) electrons. The smallest absolute Gasteiger partial charge is 0.309 e. The Morgan fingerprint density at radius 3 is 2.29 bits per heavy atom. The summed E-state index contributed by atoms with van der Waals surface area (Å²) < 4.78 is 6.16. The van der Waals surface area contributed by atoms with Gasteiger partial charge in [0, 0.05) is 36.2 Å². The van der Waals surface area contributed by atoms with Crippen LogP contribution < -0.4 is 5.32 Å². The van der Waals surface area contributed by atoms with Gasteiger partial charge in [0.15, 0.2) is 5.78 Å². The third-order valence-corrected chi connectivity index (χ3v) is 15.7. The summed E-state index contributed by atoms with van der Waals surface area (Å²) >= 11 is 0. The highest BCUT2D eigenvalue weighted by molar-refractivity contribution is 6.00. The zero-order valence-electron chi connectivity index (χ0n) is 32.6. The SMILES string of the molecule is CC(C)C1=C2[C@H]3CC[C@@H]4[C@@]5(C)CC[C@H](OC(=O)CC(C)(C)C(=O)O)C(C)(C)[C@@H]5CC[C@@]4(C)[C@]3(C)CC[C@@]2([C@@H](O)CNCc2ncccn2)CC1=O. The summed E-state index contributed by atoms with van der Waals surface area (Å²) in [5.41, 5.74) is 0.384. The number of aliphatic carboxylic acids is 1. The van der Waals surface area contributed by atoms with Crippen LogP contribution in [0.15, 0.2) is 29.6 Å². The number of allylic oxidation sites excluding steroid dienone is 1. The summed E-state index contributed by atoms with van der Waals surface area (Å²) in [6.07, 6.45) is 10.5. The normalized spacial score (nSPS) is 38.0. The van der Waals surface area contributed by atoms with Crippen molar-refractivity contribution in [1.29, 1.82) is 0 Å². The van der Waals surface area contributed by atoms with Crippen LogP contribution in [-0.4, -0.2) is 56.7 Å². The Balaban J connectivity index is 1.26. The minimum atomic E-state index is -1.17. The molecule has 1 aromatic heterocycles. The first kappa shape index (κ1) is 38.1. The number of ether oxygens (including phenoxy) is 1. The van der Waals surface area contributed by atoms with Crippen molar-refractivity contribution in [3.8, 4) is 0 Å². The van der Waals surface area contributed by atoms with Gasteiger partial charge in [-0.1, -0.05) is 54.0 Å². The number of Topliss-reactive ketones (excluding diaryl/α,β-unsaturated/α-hetero) is 1. The fourth-order valence-electron chi connectivity index (χ4n) is 12.8. The highest BCUT2D eigenvalue weighted by Gasteiger charge is 2.70. The van der Waals surface area contributed by atoms with Crippen molar-refractivity contribution in [3.63, 3.8) is 0 Å². The van der Waals surface area contributed by atoms with Crippen LogP contribution in [0.2, 0.25) is 0 Å². The summed E-state index contributed by atoms with van der Waals surface area (Å²) in [6.45, 7) is 20.4. The van der Waals surface area contributed by atoms with E-state index in [1.807, 2.05) is 0 Å². The van der Waals surface area contributed by atoms with E-state index in [0.29, 0.717) is 37.2 Å². The van der Waals surface area contributed by atoms with E-state index < -0.39 is 28.9 Å². The number of carboxylic acids is 1. The molecular formula is C42H63N3O6. The third kappa shape index (κ3) is 5.91.